The van der Waals surface area contributed by atoms with Gasteiger partial charge in [0.1, 0.15) is 5.76 Å². The largest absolute Gasteiger partial charge is 0.475 e. The van der Waals surface area contributed by atoms with Crippen LogP contribution in [0.1, 0.15) is 27.4 Å². The minimum atomic E-state index is -1.11. The SMILES string of the molecule is Nc1c(C(=O)O)oc2c1CCN(Cc1ccccc1)C2. The maximum absolute atomic E-state index is 11.0. The van der Waals surface area contributed by atoms with Crippen molar-refractivity contribution in [2.24, 2.45) is 0 Å². The van der Waals surface area contributed by atoms with Crippen LogP contribution in [-0.4, -0.2) is 22.5 Å². The highest BCUT2D eigenvalue weighted by Gasteiger charge is 2.27. The van der Waals surface area contributed by atoms with Crippen molar-refractivity contribution in [2.75, 3.05) is 12.3 Å². The lowest BCUT2D eigenvalue weighted by atomic mass is 10.1. The van der Waals surface area contributed by atoms with E-state index in [4.69, 9.17) is 15.3 Å². The van der Waals surface area contributed by atoms with Crippen molar-refractivity contribution in [1.82, 2.24) is 4.90 Å². The first-order valence-electron chi connectivity index (χ1n) is 6.54. The zero-order chi connectivity index (χ0) is 14.1. The quantitative estimate of drug-likeness (QED) is 0.894. The van der Waals surface area contributed by atoms with Gasteiger partial charge in [-0.1, -0.05) is 30.3 Å². The number of aromatic carboxylic acids is 1. The van der Waals surface area contributed by atoms with Crippen LogP contribution in [0.15, 0.2) is 34.7 Å². The van der Waals surface area contributed by atoms with Gasteiger partial charge in [-0.15, -0.1) is 0 Å². The summed E-state index contributed by atoms with van der Waals surface area (Å²) in [6.07, 6.45) is 0.727. The Morgan fingerprint density at radius 3 is 2.80 bits per heavy atom. The van der Waals surface area contributed by atoms with Gasteiger partial charge in [-0.25, -0.2) is 4.79 Å². The summed E-state index contributed by atoms with van der Waals surface area (Å²) < 4.78 is 5.40. The molecule has 1 aliphatic heterocycles. The lowest BCUT2D eigenvalue weighted by Gasteiger charge is -2.25. The highest BCUT2D eigenvalue weighted by molar-refractivity contribution is 5.91. The topological polar surface area (TPSA) is 79.7 Å². The fourth-order valence-corrected chi connectivity index (χ4v) is 2.62. The molecule has 1 aromatic carbocycles. The molecule has 0 radical (unpaired) electrons. The van der Waals surface area contributed by atoms with Gasteiger partial charge in [-0.3, -0.25) is 4.90 Å². The minimum Gasteiger partial charge on any atom is -0.475 e. The summed E-state index contributed by atoms with van der Waals surface area (Å²) in [5.41, 5.74) is 8.20. The molecule has 0 amide bonds. The number of nitrogens with two attached hydrogens (primary N) is 1. The zero-order valence-electron chi connectivity index (χ0n) is 11.0. The van der Waals surface area contributed by atoms with E-state index < -0.39 is 5.97 Å². The van der Waals surface area contributed by atoms with Crippen LogP contribution >= 0.6 is 0 Å². The number of furan rings is 1. The Morgan fingerprint density at radius 2 is 2.10 bits per heavy atom. The van der Waals surface area contributed by atoms with E-state index in [1.54, 1.807) is 0 Å². The molecule has 104 valence electrons. The Hall–Kier alpha value is -2.27. The first-order valence-corrected chi connectivity index (χ1v) is 6.54. The number of fused-ring (bicyclic) bond motifs is 1. The third kappa shape index (κ3) is 2.28. The van der Waals surface area contributed by atoms with Gasteiger partial charge in [0, 0.05) is 18.7 Å². The number of benzene rings is 1. The number of anilines is 1. The molecule has 1 aliphatic rings. The Balaban J connectivity index is 1.79. The molecular formula is C15H16N2O3. The fraction of sp³-hybridized carbons (Fsp3) is 0.267. The Morgan fingerprint density at radius 1 is 1.35 bits per heavy atom. The van der Waals surface area contributed by atoms with Gasteiger partial charge >= 0.3 is 5.97 Å². The van der Waals surface area contributed by atoms with Gasteiger partial charge in [-0.2, -0.15) is 0 Å². The predicted molar refractivity (Wildman–Crippen MR) is 74.3 cm³/mol. The molecule has 5 nitrogen and oxygen atoms in total. The highest BCUT2D eigenvalue weighted by Crippen LogP contribution is 2.30. The van der Waals surface area contributed by atoms with Gasteiger partial charge in [0.15, 0.2) is 0 Å². The Kier molecular flexibility index (Phi) is 3.20. The summed E-state index contributed by atoms with van der Waals surface area (Å²) in [5.74, 6) is -0.551. The molecule has 5 heteroatoms. The molecule has 0 fully saturated rings. The average molecular weight is 272 g/mol. The zero-order valence-corrected chi connectivity index (χ0v) is 11.0. The van der Waals surface area contributed by atoms with Crippen molar-refractivity contribution >= 4 is 11.7 Å². The van der Waals surface area contributed by atoms with Crippen molar-refractivity contribution in [3.8, 4) is 0 Å². The molecule has 0 unspecified atom stereocenters. The molecule has 3 N–H and O–H groups in total. The van der Waals surface area contributed by atoms with E-state index in [2.05, 4.69) is 17.0 Å². The van der Waals surface area contributed by atoms with Crippen molar-refractivity contribution in [3.63, 3.8) is 0 Å². The summed E-state index contributed by atoms with van der Waals surface area (Å²) in [6.45, 7) is 2.27. The average Bonchev–Trinajstić information content (AvgIpc) is 2.77. The first-order chi connectivity index (χ1) is 9.65. The van der Waals surface area contributed by atoms with Gasteiger partial charge in [0.25, 0.3) is 0 Å². The van der Waals surface area contributed by atoms with E-state index in [-0.39, 0.29) is 11.4 Å². The van der Waals surface area contributed by atoms with E-state index in [9.17, 15) is 4.79 Å². The monoisotopic (exact) mass is 272 g/mol. The number of hydrogen-bond acceptors (Lipinski definition) is 4. The minimum absolute atomic E-state index is 0.128. The molecule has 0 spiro atoms. The van der Waals surface area contributed by atoms with E-state index in [0.717, 1.165) is 25.1 Å². The Bertz CT molecular complexity index is 634. The molecule has 0 bridgehead atoms. The van der Waals surface area contributed by atoms with Crippen molar-refractivity contribution in [1.29, 1.82) is 0 Å². The maximum Gasteiger partial charge on any atom is 0.374 e. The molecule has 0 saturated carbocycles. The number of nitrogens with zero attached hydrogens (tertiary/aromatic N) is 1. The molecule has 0 atom stereocenters. The third-order valence-electron chi connectivity index (χ3n) is 3.62. The van der Waals surface area contributed by atoms with E-state index in [1.165, 1.54) is 5.56 Å². The second kappa shape index (κ2) is 5.02. The van der Waals surface area contributed by atoms with Crippen LogP contribution in [0.25, 0.3) is 0 Å². The number of hydrogen-bond donors (Lipinski definition) is 2. The molecule has 2 heterocycles. The van der Waals surface area contributed by atoms with Crippen molar-refractivity contribution < 1.29 is 14.3 Å². The van der Waals surface area contributed by atoms with Crippen LogP contribution in [0.5, 0.6) is 0 Å². The number of carbonyl (C=O) groups is 1. The van der Waals surface area contributed by atoms with Crippen LogP contribution < -0.4 is 5.73 Å². The molecule has 20 heavy (non-hydrogen) atoms. The van der Waals surface area contributed by atoms with Crippen LogP contribution in [0.3, 0.4) is 0 Å². The number of carboxylic acid groups (broad SMARTS) is 1. The third-order valence-corrected chi connectivity index (χ3v) is 3.62. The lowest BCUT2D eigenvalue weighted by molar-refractivity contribution is 0.0659. The lowest BCUT2D eigenvalue weighted by Crippen LogP contribution is -2.29. The van der Waals surface area contributed by atoms with Crippen molar-refractivity contribution in [3.05, 3.63) is 53.0 Å². The summed E-state index contributed by atoms with van der Waals surface area (Å²) in [4.78, 5) is 13.3. The van der Waals surface area contributed by atoms with E-state index in [0.29, 0.717) is 12.3 Å². The van der Waals surface area contributed by atoms with Gasteiger partial charge in [0.05, 0.1) is 12.2 Å². The molecule has 3 rings (SSSR count). The van der Waals surface area contributed by atoms with Crippen molar-refractivity contribution in [2.45, 2.75) is 19.5 Å². The molecule has 0 aliphatic carbocycles. The number of carboxylic acids is 1. The normalized spacial score (nSPS) is 15.0. The molecule has 0 saturated heterocycles. The fourth-order valence-electron chi connectivity index (χ4n) is 2.62. The molecular weight excluding hydrogens is 256 g/mol. The number of rotatable bonds is 3. The van der Waals surface area contributed by atoms with Crippen LogP contribution in [0.4, 0.5) is 5.69 Å². The first kappa shape index (κ1) is 12.7. The van der Waals surface area contributed by atoms with E-state index in [1.807, 2.05) is 18.2 Å². The predicted octanol–water partition coefficient (Wildman–Crippen LogP) is 2.12. The Labute approximate surface area is 116 Å². The van der Waals surface area contributed by atoms with Crippen LogP contribution in [0.2, 0.25) is 0 Å². The maximum atomic E-state index is 11.0. The molecule has 1 aromatic heterocycles. The second-order valence-corrected chi connectivity index (χ2v) is 5.00. The van der Waals surface area contributed by atoms with Gasteiger partial charge in [0.2, 0.25) is 5.76 Å². The van der Waals surface area contributed by atoms with Crippen LogP contribution in [0, 0.1) is 0 Å². The standard InChI is InChI=1S/C15H16N2O3/c16-13-11-6-7-17(8-10-4-2-1-3-5-10)9-12(11)20-14(13)15(18)19/h1-5H,6-9,16H2,(H,18,19). The van der Waals surface area contributed by atoms with Gasteiger partial charge in [-0.05, 0) is 12.0 Å². The smallest absolute Gasteiger partial charge is 0.374 e. The summed E-state index contributed by atoms with van der Waals surface area (Å²) in [5, 5.41) is 9.03. The summed E-state index contributed by atoms with van der Waals surface area (Å²) >= 11 is 0. The highest BCUT2D eigenvalue weighted by atomic mass is 16.4. The number of nitrogen functional groups attached to an aromatic ring is 1. The van der Waals surface area contributed by atoms with Crippen LogP contribution in [-0.2, 0) is 19.5 Å². The van der Waals surface area contributed by atoms with Gasteiger partial charge < -0.3 is 15.3 Å². The summed E-state index contributed by atoms with van der Waals surface area (Å²) in [6, 6.07) is 10.2. The molecule has 2 aromatic rings. The summed E-state index contributed by atoms with van der Waals surface area (Å²) in [7, 11) is 0. The van der Waals surface area contributed by atoms with E-state index >= 15 is 0 Å². The second-order valence-electron chi connectivity index (χ2n) is 5.00.